The van der Waals surface area contributed by atoms with Gasteiger partial charge in [-0.15, -0.1) is 0 Å². The number of nitrogens with zero attached hydrogens (tertiary/aromatic N) is 3. The Kier molecular flexibility index (Phi) is 4.64. The molecule has 6 nitrogen and oxygen atoms in total. The van der Waals surface area contributed by atoms with Gasteiger partial charge in [0.05, 0.1) is 12.7 Å². The van der Waals surface area contributed by atoms with Gasteiger partial charge >= 0.3 is 5.97 Å². The number of aryl methyl sites for hydroxylation is 1. The molecule has 0 saturated heterocycles. The number of fused-ring (bicyclic) bond motifs is 1. The summed E-state index contributed by atoms with van der Waals surface area (Å²) in [5.74, 6) is 2.25. The molecule has 2 heterocycles. The summed E-state index contributed by atoms with van der Waals surface area (Å²) in [7, 11) is 1.41. The largest absolute Gasteiger partial charge is 0.465 e. The Morgan fingerprint density at radius 2 is 2.12 bits per heavy atom. The van der Waals surface area contributed by atoms with Gasteiger partial charge in [0.15, 0.2) is 0 Å². The summed E-state index contributed by atoms with van der Waals surface area (Å²) in [6, 6.07) is 7.76. The van der Waals surface area contributed by atoms with Crippen molar-refractivity contribution in [2.45, 2.75) is 26.8 Å². The van der Waals surface area contributed by atoms with Gasteiger partial charge in [-0.05, 0) is 43.5 Å². The Hall–Kier alpha value is -2.63. The molecule has 2 aromatic rings. The first kappa shape index (κ1) is 16.2. The highest BCUT2D eigenvalue weighted by Gasteiger charge is 2.20. The van der Waals surface area contributed by atoms with Crippen LogP contribution in [-0.2, 0) is 17.7 Å². The summed E-state index contributed by atoms with van der Waals surface area (Å²) in [6.07, 6.45) is 0.875. The molecule has 1 aromatic heterocycles. The third-order valence-electron chi connectivity index (χ3n) is 4.15. The predicted molar refractivity (Wildman–Crippen MR) is 93.5 cm³/mol. The van der Waals surface area contributed by atoms with Crippen molar-refractivity contribution in [2.75, 3.05) is 30.4 Å². The number of aromatic nitrogens is 2. The zero-order valence-corrected chi connectivity index (χ0v) is 14.3. The number of anilines is 2. The summed E-state index contributed by atoms with van der Waals surface area (Å²) in [5, 5.41) is 3.24. The van der Waals surface area contributed by atoms with Crippen molar-refractivity contribution in [3.05, 3.63) is 46.8 Å². The van der Waals surface area contributed by atoms with Crippen LogP contribution in [0.15, 0.2) is 24.3 Å². The highest BCUT2D eigenvalue weighted by molar-refractivity contribution is 5.89. The lowest BCUT2D eigenvalue weighted by Gasteiger charge is -2.30. The first-order valence-corrected chi connectivity index (χ1v) is 8.15. The third kappa shape index (κ3) is 3.32. The van der Waals surface area contributed by atoms with Crippen LogP contribution in [0.3, 0.4) is 0 Å². The lowest BCUT2D eigenvalue weighted by atomic mass is 9.97. The first-order valence-electron chi connectivity index (χ1n) is 8.15. The minimum atomic E-state index is -0.290. The maximum absolute atomic E-state index is 11.7. The Morgan fingerprint density at radius 3 is 2.88 bits per heavy atom. The fourth-order valence-electron chi connectivity index (χ4n) is 2.98. The molecule has 0 saturated carbocycles. The summed E-state index contributed by atoms with van der Waals surface area (Å²) < 4.78 is 4.79. The van der Waals surface area contributed by atoms with Crippen molar-refractivity contribution in [3.8, 4) is 0 Å². The second-order valence-corrected chi connectivity index (χ2v) is 5.84. The van der Waals surface area contributed by atoms with E-state index in [-0.39, 0.29) is 5.97 Å². The Labute approximate surface area is 141 Å². The average molecular weight is 326 g/mol. The molecule has 1 N–H and O–H groups in total. The van der Waals surface area contributed by atoms with Gasteiger partial charge in [-0.3, -0.25) is 0 Å². The maximum Gasteiger partial charge on any atom is 0.337 e. The van der Waals surface area contributed by atoms with E-state index in [0.717, 1.165) is 43.5 Å². The van der Waals surface area contributed by atoms with E-state index in [9.17, 15) is 4.79 Å². The fraction of sp³-hybridized carbons (Fsp3) is 0.389. The molecule has 126 valence electrons. The molecule has 0 bridgehead atoms. The molecular weight excluding hydrogens is 304 g/mol. The topological polar surface area (TPSA) is 67.4 Å². The summed E-state index contributed by atoms with van der Waals surface area (Å²) >= 11 is 0. The van der Waals surface area contributed by atoms with Crippen LogP contribution < -0.4 is 10.2 Å². The molecule has 0 unspecified atom stereocenters. The summed E-state index contributed by atoms with van der Waals surface area (Å²) in [5.41, 5.74) is 3.03. The Balaban J connectivity index is 1.84. The van der Waals surface area contributed by atoms with Crippen LogP contribution in [0.2, 0.25) is 0 Å². The Morgan fingerprint density at radius 1 is 1.29 bits per heavy atom. The quantitative estimate of drug-likeness (QED) is 0.871. The third-order valence-corrected chi connectivity index (χ3v) is 4.15. The van der Waals surface area contributed by atoms with Gasteiger partial charge in [0.2, 0.25) is 0 Å². The number of esters is 1. The van der Waals surface area contributed by atoms with Crippen molar-refractivity contribution in [2.24, 2.45) is 0 Å². The van der Waals surface area contributed by atoms with Crippen LogP contribution in [0, 0.1) is 6.92 Å². The molecular formula is C18H22N4O2. The van der Waals surface area contributed by atoms with Crippen LogP contribution >= 0.6 is 0 Å². The lowest BCUT2D eigenvalue weighted by molar-refractivity contribution is 0.0600. The van der Waals surface area contributed by atoms with E-state index in [1.807, 2.05) is 38.1 Å². The highest BCUT2D eigenvalue weighted by Crippen LogP contribution is 2.25. The van der Waals surface area contributed by atoms with E-state index < -0.39 is 0 Å². The SMILES string of the molecule is CCNc1cc(N2CCc3cc(C(=O)OC)ccc3C2)nc(C)n1. The summed E-state index contributed by atoms with van der Waals surface area (Å²) in [6.45, 7) is 6.42. The average Bonchev–Trinajstić information content (AvgIpc) is 2.60. The van der Waals surface area contributed by atoms with Crippen LogP contribution in [0.4, 0.5) is 11.6 Å². The molecule has 1 aromatic carbocycles. The van der Waals surface area contributed by atoms with Crippen molar-refractivity contribution in [1.29, 1.82) is 0 Å². The minimum absolute atomic E-state index is 0.290. The zero-order chi connectivity index (χ0) is 17.1. The highest BCUT2D eigenvalue weighted by atomic mass is 16.5. The van der Waals surface area contributed by atoms with E-state index in [1.54, 1.807) is 0 Å². The zero-order valence-electron chi connectivity index (χ0n) is 14.3. The molecule has 0 radical (unpaired) electrons. The van der Waals surface area contributed by atoms with Crippen molar-refractivity contribution in [3.63, 3.8) is 0 Å². The second kappa shape index (κ2) is 6.86. The number of ether oxygens (including phenoxy) is 1. The standard InChI is InChI=1S/C18H22N4O2/c1-4-19-16-10-17(21-12(2)20-16)22-8-7-13-9-14(18(23)24-3)5-6-15(13)11-22/h5-6,9-10H,4,7-8,11H2,1-3H3,(H,19,20,21). The van der Waals surface area contributed by atoms with E-state index in [1.165, 1.54) is 18.2 Å². The predicted octanol–water partition coefficient (Wildman–Crippen LogP) is 2.57. The molecule has 3 rings (SSSR count). The summed E-state index contributed by atoms with van der Waals surface area (Å²) in [4.78, 5) is 22.9. The molecule has 0 amide bonds. The molecule has 6 heteroatoms. The molecule has 0 atom stereocenters. The smallest absolute Gasteiger partial charge is 0.337 e. The molecule has 1 aliphatic heterocycles. The van der Waals surface area contributed by atoms with Gasteiger partial charge in [-0.1, -0.05) is 6.07 Å². The van der Waals surface area contributed by atoms with E-state index in [0.29, 0.717) is 5.56 Å². The molecule has 0 spiro atoms. The van der Waals surface area contributed by atoms with Crippen LogP contribution in [0.25, 0.3) is 0 Å². The van der Waals surface area contributed by atoms with Gasteiger partial charge in [-0.25, -0.2) is 14.8 Å². The number of hydrogen-bond donors (Lipinski definition) is 1. The van der Waals surface area contributed by atoms with E-state index in [4.69, 9.17) is 4.74 Å². The lowest BCUT2D eigenvalue weighted by Crippen LogP contribution is -2.31. The second-order valence-electron chi connectivity index (χ2n) is 5.84. The van der Waals surface area contributed by atoms with Crippen LogP contribution in [-0.4, -0.2) is 36.1 Å². The van der Waals surface area contributed by atoms with Gasteiger partial charge in [-0.2, -0.15) is 0 Å². The van der Waals surface area contributed by atoms with Gasteiger partial charge < -0.3 is 15.0 Å². The van der Waals surface area contributed by atoms with Gasteiger partial charge in [0, 0.05) is 25.7 Å². The van der Waals surface area contributed by atoms with Crippen LogP contribution in [0.1, 0.15) is 34.2 Å². The monoisotopic (exact) mass is 326 g/mol. The van der Waals surface area contributed by atoms with E-state index in [2.05, 4.69) is 20.2 Å². The number of benzene rings is 1. The molecule has 0 fully saturated rings. The van der Waals surface area contributed by atoms with Crippen molar-refractivity contribution >= 4 is 17.6 Å². The maximum atomic E-state index is 11.7. The van der Waals surface area contributed by atoms with Crippen LogP contribution in [0.5, 0.6) is 0 Å². The number of methoxy groups -OCH3 is 1. The first-order chi connectivity index (χ1) is 11.6. The fourth-order valence-corrected chi connectivity index (χ4v) is 2.98. The van der Waals surface area contributed by atoms with Gasteiger partial charge in [0.1, 0.15) is 17.5 Å². The number of rotatable bonds is 4. The Bertz CT molecular complexity index is 761. The normalized spacial score (nSPS) is 13.4. The minimum Gasteiger partial charge on any atom is -0.465 e. The number of nitrogens with one attached hydrogen (secondary N) is 1. The van der Waals surface area contributed by atoms with Crippen molar-refractivity contribution in [1.82, 2.24) is 9.97 Å². The number of hydrogen-bond acceptors (Lipinski definition) is 6. The number of carbonyl (C=O) groups excluding carboxylic acids is 1. The number of carbonyl (C=O) groups is 1. The van der Waals surface area contributed by atoms with Gasteiger partial charge in [0.25, 0.3) is 0 Å². The van der Waals surface area contributed by atoms with Crippen molar-refractivity contribution < 1.29 is 9.53 Å². The molecule has 24 heavy (non-hydrogen) atoms. The van der Waals surface area contributed by atoms with E-state index >= 15 is 0 Å². The molecule has 1 aliphatic rings. The molecule has 0 aliphatic carbocycles.